The molecule has 1 aromatic carbocycles. The maximum Gasteiger partial charge on any atom is 0.213 e. The van der Waals surface area contributed by atoms with E-state index in [0.29, 0.717) is 5.88 Å². The van der Waals surface area contributed by atoms with Crippen molar-refractivity contribution in [1.82, 2.24) is 4.98 Å². The molecule has 2 rings (SSSR count). The molecule has 14 heavy (non-hydrogen) atoms. The van der Waals surface area contributed by atoms with E-state index in [0.717, 1.165) is 16.5 Å². The van der Waals surface area contributed by atoms with Gasteiger partial charge in [-0.15, -0.1) is 0 Å². The summed E-state index contributed by atoms with van der Waals surface area (Å²) in [6.07, 6.45) is 1.81. The molecule has 1 aromatic heterocycles. The number of ether oxygens (including phenoxy) is 1. The topological polar surface area (TPSA) is 34.1 Å². The molecule has 1 heterocycles. The van der Waals surface area contributed by atoms with Gasteiger partial charge >= 0.3 is 0 Å². The van der Waals surface area contributed by atoms with Crippen molar-refractivity contribution in [2.75, 3.05) is 19.5 Å². The van der Waals surface area contributed by atoms with Gasteiger partial charge in [0.1, 0.15) is 0 Å². The van der Waals surface area contributed by atoms with Crippen molar-refractivity contribution in [2.45, 2.75) is 0 Å². The van der Waals surface area contributed by atoms with Crippen LogP contribution in [0.3, 0.4) is 0 Å². The van der Waals surface area contributed by atoms with Crippen molar-refractivity contribution in [1.29, 1.82) is 0 Å². The zero-order chi connectivity index (χ0) is 9.97. The average Bonchev–Trinajstić information content (AvgIpc) is 2.27. The highest BCUT2D eigenvalue weighted by molar-refractivity contribution is 5.85. The Morgan fingerprint density at radius 2 is 2.07 bits per heavy atom. The van der Waals surface area contributed by atoms with Crippen LogP contribution in [0.4, 0.5) is 5.69 Å². The first-order valence-electron chi connectivity index (χ1n) is 4.45. The summed E-state index contributed by atoms with van der Waals surface area (Å²) in [4.78, 5) is 4.15. The molecule has 0 fully saturated rings. The molecule has 2 aromatic rings. The van der Waals surface area contributed by atoms with E-state index in [9.17, 15) is 0 Å². The monoisotopic (exact) mass is 188 g/mol. The molecular weight excluding hydrogens is 176 g/mol. The van der Waals surface area contributed by atoms with Crippen LogP contribution in [0.2, 0.25) is 0 Å². The molecular formula is C11H12N2O. The summed E-state index contributed by atoms with van der Waals surface area (Å²) in [6.45, 7) is 0. The lowest BCUT2D eigenvalue weighted by atomic mass is 10.1. The number of nitrogens with one attached hydrogen (secondary N) is 1. The molecule has 0 saturated carbocycles. The predicted octanol–water partition coefficient (Wildman–Crippen LogP) is 2.29. The second-order valence-corrected chi connectivity index (χ2v) is 3.04. The van der Waals surface area contributed by atoms with Gasteiger partial charge < -0.3 is 10.1 Å². The average molecular weight is 188 g/mol. The summed E-state index contributed by atoms with van der Waals surface area (Å²) in [5.41, 5.74) is 1.09. The van der Waals surface area contributed by atoms with Gasteiger partial charge in [0.25, 0.3) is 0 Å². The Morgan fingerprint density at radius 1 is 1.21 bits per heavy atom. The van der Waals surface area contributed by atoms with E-state index >= 15 is 0 Å². The molecule has 0 aliphatic carbocycles. The van der Waals surface area contributed by atoms with E-state index in [1.165, 1.54) is 0 Å². The summed E-state index contributed by atoms with van der Waals surface area (Å²) in [5.74, 6) is 0.648. The third-order valence-corrected chi connectivity index (χ3v) is 2.19. The van der Waals surface area contributed by atoms with Crippen LogP contribution in [0.15, 0.2) is 30.5 Å². The van der Waals surface area contributed by atoms with Crippen molar-refractivity contribution in [3.63, 3.8) is 0 Å². The summed E-state index contributed by atoms with van der Waals surface area (Å²) in [5, 5.41) is 5.33. The second kappa shape index (κ2) is 3.54. The quantitative estimate of drug-likeness (QED) is 0.785. The molecule has 0 unspecified atom stereocenters. The van der Waals surface area contributed by atoms with Gasteiger partial charge in [0, 0.05) is 30.4 Å². The number of methoxy groups -OCH3 is 1. The van der Waals surface area contributed by atoms with E-state index in [-0.39, 0.29) is 0 Å². The highest BCUT2D eigenvalue weighted by Crippen LogP contribution is 2.21. The summed E-state index contributed by atoms with van der Waals surface area (Å²) in [7, 11) is 3.52. The SMILES string of the molecule is CNc1ccc2cc(OC)ncc2c1. The number of pyridine rings is 1. The van der Waals surface area contributed by atoms with Gasteiger partial charge in [-0.2, -0.15) is 0 Å². The number of fused-ring (bicyclic) bond motifs is 1. The molecule has 1 N–H and O–H groups in total. The van der Waals surface area contributed by atoms with Crippen molar-refractivity contribution in [3.8, 4) is 5.88 Å². The lowest BCUT2D eigenvalue weighted by Gasteiger charge is -2.03. The minimum Gasteiger partial charge on any atom is -0.481 e. The van der Waals surface area contributed by atoms with Crippen molar-refractivity contribution in [2.24, 2.45) is 0 Å². The normalized spacial score (nSPS) is 10.1. The summed E-state index contributed by atoms with van der Waals surface area (Å²) in [6, 6.07) is 8.06. The predicted molar refractivity (Wildman–Crippen MR) is 57.8 cm³/mol. The first-order chi connectivity index (χ1) is 6.83. The van der Waals surface area contributed by atoms with Crippen LogP contribution in [0, 0.1) is 0 Å². The Kier molecular flexibility index (Phi) is 2.23. The van der Waals surface area contributed by atoms with Gasteiger partial charge in [0.05, 0.1) is 7.11 Å². The van der Waals surface area contributed by atoms with Crippen LogP contribution in [-0.4, -0.2) is 19.1 Å². The Morgan fingerprint density at radius 3 is 2.79 bits per heavy atom. The molecule has 3 heteroatoms. The number of aromatic nitrogens is 1. The van der Waals surface area contributed by atoms with Gasteiger partial charge in [-0.1, -0.05) is 6.07 Å². The van der Waals surface area contributed by atoms with Crippen molar-refractivity contribution >= 4 is 16.5 Å². The maximum absolute atomic E-state index is 5.05. The van der Waals surface area contributed by atoms with E-state index in [2.05, 4.69) is 16.4 Å². The smallest absolute Gasteiger partial charge is 0.213 e. The minimum atomic E-state index is 0.648. The van der Waals surface area contributed by atoms with Crippen LogP contribution >= 0.6 is 0 Å². The van der Waals surface area contributed by atoms with Crippen LogP contribution in [-0.2, 0) is 0 Å². The van der Waals surface area contributed by atoms with Gasteiger partial charge in [-0.05, 0) is 17.5 Å². The first-order valence-corrected chi connectivity index (χ1v) is 4.45. The summed E-state index contributed by atoms with van der Waals surface area (Å²) < 4.78 is 5.05. The zero-order valence-corrected chi connectivity index (χ0v) is 8.24. The molecule has 0 aliphatic rings. The Hall–Kier alpha value is -1.77. The fourth-order valence-electron chi connectivity index (χ4n) is 1.39. The lowest BCUT2D eigenvalue weighted by Crippen LogP contribution is -1.89. The maximum atomic E-state index is 5.05. The highest BCUT2D eigenvalue weighted by atomic mass is 16.5. The number of hydrogen-bond acceptors (Lipinski definition) is 3. The second-order valence-electron chi connectivity index (χ2n) is 3.04. The lowest BCUT2D eigenvalue weighted by molar-refractivity contribution is 0.399. The Bertz CT molecular complexity index is 411. The van der Waals surface area contributed by atoms with Crippen molar-refractivity contribution < 1.29 is 4.74 Å². The summed E-state index contributed by atoms with van der Waals surface area (Å²) >= 11 is 0. The Balaban J connectivity index is 2.57. The molecule has 0 bridgehead atoms. The molecule has 0 saturated heterocycles. The fraction of sp³-hybridized carbons (Fsp3) is 0.182. The van der Waals surface area contributed by atoms with Crippen LogP contribution in [0.5, 0.6) is 5.88 Å². The van der Waals surface area contributed by atoms with Crippen LogP contribution < -0.4 is 10.1 Å². The molecule has 0 amide bonds. The van der Waals surface area contributed by atoms with E-state index in [4.69, 9.17) is 4.74 Å². The van der Waals surface area contributed by atoms with Gasteiger partial charge in [-0.3, -0.25) is 0 Å². The van der Waals surface area contributed by atoms with Crippen LogP contribution in [0.25, 0.3) is 10.8 Å². The third-order valence-electron chi connectivity index (χ3n) is 2.19. The van der Waals surface area contributed by atoms with E-state index < -0.39 is 0 Å². The zero-order valence-electron chi connectivity index (χ0n) is 8.24. The Labute approximate surface area is 82.7 Å². The van der Waals surface area contributed by atoms with Crippen LogP contribution in [0.1, 0.15) is 0 Å². The van der Waals surface area contributed by atoms with Gasteiger partial charge in [-0.25, -0.2) is 4.98 Å². The fourth-order valence-corrected chi connectivity index (χ4v) is 1.39. The molecule has 0 radical (unpaired) electrons. The number of nitrogens with zero attached hydrogens (tertiary/aromatic N) is 1. The van der Waals surface area contributed by atoms with Crippen molar-refractivity contribution in [3.05, 3.63) is 30.5 Å². The highest BCUT2D eigenvalue weighted by Gasteiger charge is 1.98. The minimum absolute atomic E-state index is 0.648. The molecule has 0 aliphatic heterocycles. The van der Waals surface area contributed by atoms with Gasteiger partial charge in [0.2, 0.25) is 5.88 Å². The standard InChI is InChI=1S/C11H12N2O/c1-12-10-4-3-8-6-11(14-2)13-7-9(8)5-10/h3-7,12H,1-2H3. The third kappa shape index (κ3) is 1.48. The molecule has 0 atom stereocenters. The van der Waals surface area contributed by atoms with E-state index in [1.807, 2.05) is 31.4 Å². The molecule has 0 spiro atoms. The van der Waals surface area contributed by atoms with E-state index in [1.54, 1.807) is 7.11 Å². The number of benzene rings is 1. The number of hydrogen-bond donors (Lipinski definition) is 1. The number of anilines is 1. The molecule has 72 valence electrons. The first kappa shape index (κ1) is 8.81. The van der Waals surface area contributed by atoms with Gasteiger partial charge in [0.15, 0.2) is 0 Å². The number of rotatable bonds is 2. The molecule has 3 nitrogen and oxygen atoms in total. The largest absolute Gasteiger partial charge is 0.481 e.